The van der Waals surface area contributed by atoms with Gasteiger partial charge in [0, 0.05) is 13.1 Å². The smallest absolute Gasteiger partial charge is 0.182 e. The summed E-state index contributed by atoms with van der Waals surface area (Å²) in [6, 6.07) is 2.29. The standard InChI is InChI=1S/C10H10N6/c11-3-7-1-2-16(4-7)10-8-9(13-5-12-8)14-6-15-10/h5-7H,1-2,4H2,(H,12,13,14,15). The van der Waals surface area contributed by atoms with Crippen molar-refractivity contribution in [1.82, 2.24) is 19.9 Å². The zero-order valence-electron chi connectivity index (χ0n) is 8.59. The van der Waals surface area contributed by atoms with Gasteiger partial charge in [-0.25, -0.2) is 15.0 Å². The van der Waals surface area contributed by atoms with Gasteiger partial charge in [0.1, 0.15) is 11.8 Å². The molecule has 1 aliphatic heterocycles. The molecule has 0 aromatic carbocycles. The summed E-state index contributed by atoms with van der Waals surface area (Å²) in [5.41, 5.74) is 1.52. The molecule has 0 amide bonds. The molecule has 1 atom stereocenters. The first-order chi connectivity index (χ1) is 7.88. The number of hydrogen-bond acceptors (Lipinski definition) is 5. The molecule has 2 aromatic rings. The Labute approximate surface area is 92.0 Å². The number of anilines is 1. The predicted molar refractivity (Wildman–Crippen MR) is 57.6 cm³/mol. The molecule has 1 saturated heterocycles. The molecule has 3 heterocycles. The highest BCUT2D eigenvalue weighted by Crippen LogP contribution is 2.25. The largest absolute Gasteiger partial charge is 0.353 e. The van der Waals surface area contributed by atoms with Crippen LogP contribution in [0.15, 0.2) is 12.7 Å². The minimum absolute atomic E-state index is 0.105. The van der Waals surface area contributed by atoms with E-state index in [4.69, 9.17) is 5.26 Å². The van der Waals surface area contributed by atoms with E-state index < -0.39 is 0 Å². The highest BCUT2D eigenvalue weighted by molar-refractivity contribution is 5.82. The number of imidazole rings is 1. The monoisotopic (exact) mass is 214 g/mol. The van der Waals surface area contributed by atoms with Gasteiger partial charge in [0.25, 0.3) is 0 Å². The van der Waals surface area contributed by atoms with Crippen molar-refractivity contribution in [3.63, 3.8) is 0 Å². The highest BCUT2D eigenvalue weighted by atomic mass is 15.2. The molecule has 0 aliphatic carbocycles. The van der Waals surface area contributed by atoms with E-state index in [0.29, 0.717) is 5.65 Å². The summed E-state index contributed by atoms with van der Waals surface area (Å²) in [6.07, 6.45) is 4.02. The maximum Gasteiger partial charge on any atom is 0.182 e. The molecular formula is C10H10N6. The van der Waals surface area contributed by atoms with Crippen LogP contribution in [0.25, 0.3) is 11.2 Å². The number of hydrogen-bond donors (Lipinski definition) is 1. The van der Waals surface area contributed by atoms with Gasteiger partial charge in [0.15, 0.2) is 11.5 Å². The van der Waals surface area contributed by atoms with E-state index >= 15 is 0 Å². The van der Waals surface area contributed by atoms with Gasteiger partial charge in [-0.05, 0) is 6.42 Å². The third-order valence-electron chi connectivity index (χ3n) is 2.87. The Balaban J connectivity index is 2.01. The minimum Gasteiger partial charge on any atom is -0.353 e. The summed E-state index contributed by atoms with van der Waals surface area (Å²) >= 11 is 0. The number of aromatic nitrogens is 4. The van der Waals surface area contributed by atoms with Gasteiger partial charge in [-0.2, -0.15) is 5.26 Å². The molecule has 1 fully saturated rings. The van der Waals surface area contributed by atoms with Crippen molar-refractivity contribution in [3.8, 4) is 6.07 Å². The Morgan fingerprint density at radius 2 is 2.38 bits per heavy atom. The van der Waals surface area contributed by atoms with Crippen LogP contribution in [0.5, 0.6) is 0 Å². The fourth-order valence-electron chi connectivity index (χ4n) is 2.05. The molecular weight excluding hydrogens is 204 g/mol. The van der Waals surface area contributed by atoms with Gasteiger partial charge in [0.2, 0.25) is 0 Å². The van der Waals surface area contributed by atoms with Crippen LogP contribution < -0.4 is 4.90 Å². The summed E-state index contributed by atoms with van der Waals surface area (Å²) in [5, 5.41) is 8.87. The van der Waals surface area contributed by atoms with Crippen LogP contribution in [0.3, 0.4) is 0 Å². The lowest BCUT2D eigenvalue weighted by Gasteiger charge is -2.16. The molecule has 80 valence electrons. The molecule has 1 unspecified atom stereocenters. The Kier molecular flexibility index (Phi) is 1.96. The van der Waals surface area contributed by atoms with Gasteiger partial charge in [-0.15, -0.1) is 0 Å². The maximum atomic E-state index is 8.87. The van der Waals surface area contributed by atoms with E-state index in [1.54, 1.807) is 6.33 Å². The fraction of sp³-hybridized carbons (Fsp3) is 0.400. The van der Waals surface area contributed by atoms with Crippen molar-refractivity contribution in [2.24, 2.45) is 5.92 Å². The van der Waals surface area contributed by atoms with Gasteiger partial charge >= 0.3 is 0 Å². The van der Waals surface area contributed by atoms with E-state index in [0.717, 1.165) is 30.8 Å². The first kappa shape index (κ1) is 9.09. The van der Waals surface area contributed by atoms with Gasteiger partial charge < -0.3 is 9.88 Å². The van der Waals surface area contributed by atoms with E-state index in [1.165, 1.54) is 6.33 Å². The quantitative estimate of drug-likeness (QED) is 0.755. The van der Waals surface area contributed by atoms with Gasteiger partial charge in [0.05, 0.1) is 18.3 Å². The molecule has 1 aliphatic rings. The van der Waals surface area contributed by atoms with E-state index in [9.17, 15) is 0 Å². The lowest BCUT2D eigenvalue weighted by molar-refractivity contribution is 0.754. The normalized spacial score (nSPS) is 20.2. The molecule has 0 spiro atoms. The zero-order chi connectivity index (χ0) is 11.0. The number of nitriles is 1. The Hall–Kier alpha value is -2.16. The Bertz CT molecular complexity index is 554. The second-order valence-electron chi connectivity index (χ2n) is 3.86. The highest BCUT2D eigenvalue weighted by Gasteiger charge is 2.24. The molecule has 0 radical (unpaired) electrons. The number of H-pyrrole nitrogens is 1. The average molecular weight is 214 g/mol. The molecule has 3 rings (SSSR count). The Morgan fingerprint density at radius 3 is 3.19 bits per heavy atom. The Morgan fingerprint density at radius 1 is 1.44 bits per heavy atom. The summed E-state index contributed by atoms with van der Waals surface area (Å²) in [6.45, 7) is 1.60. The van der Waals surface area contributed by atoms with Crippen molar-refractivity contribution in [1.29, 1.82) is 5.26 Å². The minimum atomic E-state index is 0.105. The van der Waals surface area contributed by atoms with Gasteiger partial charge in [-0.1, -0.05) is 0 Å². The van der Waals surface area contributed by atoms with Crippen molar-refractivity contribution in [3.05, 3.63) is 12.7 Å². The number of nitrogens with one attached hydrogen (secondary N) is 1. The van der Waals surface area contributed by atoms with Crippen molar-refractivity contribution in [2.45, 2.75) is 6.42 Å². The van der Waals surface area contributed by atoms with Crippen LogP contribution in [0.2, 0.25) is 0 Å². The first-order valence-corrected chi connectivity index (χ1v) is 5.17. The summed E-state index contributed by atoms with van der Waals surface area (Å²) < 4.78 is 0. The maximum absolute atomic E-state index is 8.87. The van der Waals surface area contributed by atoms with Crippen molar-refractivity contribution < 1.29 is 0 Å². The molecule has 6 heteroatoms. The third kappa shape index (κ3) is 1.29. The second-order valence-corrected chi connectivity index (χ2v) is 3.86. The van der Waals surface area contributed by atoms with Crippen LogP contribution in [0.1, 0.15) is 6.42 Å². The topological polar surface area (TPSA) is 81.5 Å². The average Bonchev–Trinajstić information content (AvgIpc) is 2.97. The number of nitrogens with zero attached hydrogens (tertiary/aromatic N) is 5. The fourth-order valence-corrected chi connectivity index (χ4v) is 2.05. The van der Waals surface area contributed by atoms with Crippen molar-refractivity contribution >= 4 is 17.0 Å². The molecule has 0 saturated carbocycles. The van der Waals surface area contributed by atoms with Gasteiger partial charge in [-0.3, -0.25) is 0 Å². The zero-order valence-corrected chi connectivity index (χ0v) is 8.59. The molecule has 6 nitrogen and oxygen atoms in total. The lowest BCUT2D eigenvalue weighted by atomic mass is 10.1. The van der Waals surface area contributed by atoms with Crippen LogP contribution in [0, 0.1) is 17.2 Å². The van der Waals surface area contributed by atoms with Crippen molar-refractivity contribution in [2.75, 3.05) is 18.0 Å². The second kappa shape index (κ2) is 3.45. The lowest BCUT2D eigenvalue weighted by Crippen LogP contribution is -2.21. The number of rotatable bonds is 1. The molecule has 1 N–H and O–H groups in total. The summed E-state index contributed by atoms with van der Waals surface area (Å²) in [5.74, 6) is 0.952. The molecule has 0 bridgehead atoms. The number of fused-ring (bicyclic) bond motifs is 1. The van der Waals surface area contributed by atoms with Crippen LogP contribution in [-0.2, 0) is 0 Å². The van der Waals surface area contributed by atoms with Crippen LogP contribution >= 0.6 is 0 Å². The predicted octanol–water partition coefficient (Wildman–Crippen LogP) is 0.703. The van der Waals surface area contributed by atoms with E-state index in [2.05, 4.69) is 30.9 Å². The van der Waals surface area contributed by atoms with Crippen LogP contribution in [-0.4, -0.2) is 33.0 Å². The van der Waals surface area contributed by atoms with E-state index in [-0.39, 0.29) is 5.92 Å². The SMILES string of the molecule is N#CC1CCN(c2ncnc3nc[nH]c23)C1. The first-order valence-electron chi connectivity index (χ1n) is 5.17. The molecule has 16 heavy (non-hydrogen) atoms. The number of aromatic amines is 1. The summed E-state index contributed by atoms with van der Waals surface area (Å²) in [7, 11) is 0. The third-order valence-corrected chi connectivity index (χ3v) is 2.87. The van der Waals surface area contributed by atoms with E-state index in [1.807, 2.05) is 0 Å². The summed E-state index contributed by atoms with van der Waals surface area (Å²) in [4.78, 5) is 17.6. The molecule has 2 aromatic heterocycles. The van der Waals surface area contributed by atoms with Crippen LogP contribution in [0.4, 0.5) is 5.82 Å².